The fraction of sp³-hybridized carbons (Fsp3) is 0.200. The lowest BCUT2D eigenvalue weighted by molar-refractivity contribution is -0.119. The third-order valence-corrected chi connectivity index (χ3v) is 4.32. The first-order valence-corrected chi connectivity index (χ1v) is 8.49. The number of benzene rings is 2. The molecule has 0 saturated carbocycles. The number of ether oxygens (including phenoxy) is 4. The Kier molecular flexibility index (Phi) is 4.52. The van der Waals surface area contributed by atoms with Crippen molar-refractivity contribution in [2.75, 3.05) is 25.8 Å². The van der Waals surface area contributed by atoms with Crippen LogP contribution in [0.15, 0.2) is 40.8 Å². The minimum atomic E-state index is -0.714. The topological polar surface area (TPSA) is 96.2 Å². The van der Waals surface area contributed by atoms with Crippen molar-refractivity contribution < 1.29 is 33.0 Å². The van der Waals surface area contributed by atoms with E-state index in [0.29, 0.717) is 34.1 Å². The number of hydrogen-bond acceptors (Lipinski definition) is 7. The van der Waals surface area contributed by atoms with Crippen molar-refractivity contribution in [3.63, 3.8) is 0 Å². The van der Waals surface area contributed by atoms with E-state index in [-0.39, 0.29) is 12.6 Å². The summed E-state index contributed by atoms with van der Waals surface area (Å²) in [5.41, 5.74) is 1.67. The number of amides is 1. The molecule has 0 bridgehead atoms. The zero-order valence-electron chi connectivity index (χ0n) is 15.2. The normalized spacial score (nSPS) is 12.1. The van der Waals surface area contributed by atoms with Gasteiger partial charge in [-0.25, -0.2) is 4.79 Å². The highest BCUT2D eigenvalue weighted by atomic mass is 16.7. The molecule has 2 heterocycles. The second-order valence-corrected chi connectivity index (χ2v) is 6.11. The monoisotopic (exact) mass is 383 g/mol. The molecular formula is C20H17NO7. The van der Waals surface area contributed by atoms with E-state index < -0.39 is 18.5 Å². The largest absolute Gasteiger partial charge is 0.497 e. The Hall–Kier alpha value is -3.68. The maximum absolute atomic E-state index is 12.3. The van der Waals surface area contributed by atoms with Crippen molar-refractivity contribution in [1.29, 1.82) is 0 Å². The molecule has 1 aromatic heterocycles. The van der Waals surface area contributed by atoms with Gasteiger partial charge in [0.25, 0.3) is 5.91 Å². The van der Waals surface area contributed by atoms with Gasteiger partial charge in [0, 0.05) is 22.7 Å². The number of furan rings is 1. The third kappa shape index (κ3) is 3.32. The van der Waals surface area contributed by atoms with Crippen LogP contribution in [0.3, 0.4) is 0 Å². The maximum Gasteiger partial charge on any atom is 0.375 e. The van der Waals surface area contributed by atoms with Gasteiger partial charge in [-0.15, -0.1) is 0 Å². The Morgan fingerprint density at radius 3 is 2.75 bits per heavy atom. The predicted octanol–water partition coefficient (Wildman–Crippen LogP) is 3.27. The van der Waals surface area contributed by atoms with E-state index in [2.05, 4.69) is 5.32 Å². The highest BCUT2D eigenvalue weighted by Crippen LogP contribution is 2.34. The van der Waals surface area contributed by atoms with E-state index in [1.807, 2.05) is 0 Å². The molecule has 0 spiro atoms. The molecule has 1 amide bonds. The molecule has 0 radical (unpaired) electrons. The summed E-state index contributed by atoms with van der Waals surface area (Å²) in [4.78, 5) is 24.4. The molecular weight excluding hydrogens is 366 g/mol. The molecule has 1 aliphatic heterocycles. The highest BCUT2D eigenvalue weighted by Gasteiger charge is 2.21. The molecule has 3 aromatic rings. The fourth-order valence-corrected chi connectivity index (χ4v) is 2.89. The number of anilines is 1. The van der Waals surface area contributed by atoms with Crippen LogP contribution < -0.4 is 19.5 Å². The van der Waals surface area contributed by atoms with Gasteiger partial charge in [-0.1, -0.05) is 0 Å². The molecule has 1 aliphatic rings. The SMILES string of the molecule is COc1ccc2oc(C(=O)OCC(=O)Nc3ccc4c(c3)OCO4)c(C)c2c1. The van der Waals surface area contributed by atoms with Crippen LogP contribution in [-0.4, -0.2) is 32.4 Å². The summed E-state index contributed by atoms with van der Waals surface area (Å²) in [5, 5.41) is 3.38. The molecule has 144 valence electrons. The van der Waals surface area contributed by atoms with E-state index in [4.69, 9.17) is 23.4 Å². The van der Waals surface area contributed by atoms with Gasteiger partial charge in [0.15, 0.2) is 18.1 Å². The quantitative estimate of drug-likeness (QED) is 0.676. The molecule has 2 aromatic carbocycles. The Morgan fingerprint density at radius 1 is 1.11 bits per heavy atom. The third-order valence-electron chi connectivity index (χ3n) is 4.32. The van der Waals surface area contributed by atoms with Gasteiger partial charge in [-0.3, -0.25) is 4.79 Å². The molecule has 0 saturated heterocycles. The van der Waals surface area contributed by atoms with Crippen LogP contribution in [0.1, 0.15) is 16.1 Å². The van der Waals surface area contributed by atoms with Crippen LogP contribution in [0.5, 0.6) is 17.2 Å². The number of fused-ring (bicyclic) bond motifs is 2. The summed E-state index contributed by atoms with van der Waals surface area (Å²) in [5.74, 6) is 0.666. The molecule has 0 aliphatic carbocycles. The molecule has 8 nitrogen and oxygen atoms in total. The molecule has 8 heteroatoms. The number of carbonyl (C=O) groups is 2. The smallest absolute Gasteiger partial charge is 0.375 e. The van der Waals surface area contributed by atoms with Crippen molar-refractivity contribution in [3.8, 4) is 17.2 Å². The summed E-state index contributed by atoms with van der Waals surface area (Å²) in [6.45, 7) is 1.44. The van der Waals surface area contributed by atoms with E-state index in [1.54, 1.807) is 50.4 Å². The van der Waals surface area contributed by atoms with Crippen molar-refractivity contribution in [2.45, 2.75) is 6.92 Å². The molecule has 1 N–H and O–H groups in total. The highest BCUT2D eigenvalue weighted by molar-refractivity contribution is 5.98. The molecule has 0 fully saturated rings. The van der Waals surface area contributed by atoms with Crippen molar-refractivity contribution in [1.82, 2.24) is 0 Å². The van der Waals surface area contributed by atoms with Gasteiger partial charge in [0.1, 0.15) is 11.3 Å². The Bertz CT molecular complexity index is 1070. The van der Waals surface area contributed by atoms with E-state index in [0.717, 1.165) is 5.39 Å². The van der Waals surface area contributed by atoms with Gasteiger partial charge >= 0.3 is 5.97 Å². The summed E-state index contributed by atoms with van der Waals surface area (Å²) in [6, 6.07) is 10.2. The number of aryl methyl sites for hydroxylation is 1. The molecule has 0 unspecified atom stereocenters. The Labute approximate surface area is 159 Å². The van der Waals surface area contributed by atoms with Gasteiger partial charge < -0.3 is 28.7 Å². The van der Waals surface area contributed by atoms with Gasteiger partial charge in [0.2, 0.25) is 12.6 Å². The number of nitrogens with one attached hydrogen (secondary N) is 1. The average Bonchev–Trinajstić information content (AvgIpc) is 3.30. The number of esters is 1. The van der Waals surface area contributed by atoms with E-state index in [1.165, 1.54) is 0 Å². The standard InChI is InChI=1S/C20H17NO7/c1-11-14-8-13(24-2)4-6-15(14)28-19(11)20(23)25-9-18(22)21-12-3-5-16-17(7-12)27-10-26-16/h3-8H,9-10H2,1-2H3,(H,21,22). The van der Waals surface area contributed by atoms with Crippen LogP contribution in [0.2, 0.25) is 0 Å². The zero-order valence-corrected chi connectivity index (χ0v) is 15.2. The van der Waals surface area contributed by atoms with Gasteiger partial charge in [0.05, 0.1) is 7.11 Å². The lowest BCUT2D eigenvalue weighted by Gasteiger charge is -2.07. The van der Waals surface area contributed by atoms with Crippen molar-refractivity contribution in [3.05, 3.63) is 47.7 Å². The molecule has 0 atom stereocenters. The first-order valence-electron chi connectivity index (χ1n) is 8.49. The average molecular weight is 383 g/mol. The second kappa shape index (κ2) is 7.15. The van der Waals surface area contributed by atoms with Crippen LogP contribution >= 0.6 is 0 Å². The summed E-state index contributed by atoms with van der Waals surface area (Å²) < 4.78 is 26.3. The lowest BCUT2D eigenvalue weighted by Crippen LogP contribution is -2.21. The molecule has 28 heavy (non-hydrogen) atoms. The number of methoxy groups -OCH3 is 1. The first kappa shape index (κ1) is 17.7. The van der Waals surface area contributed by atoms with E-state index >= 15 is 0 Å². The summed E-state index contributed by atoms with van der Waals surface area (Å²) >= 11 is 0. The minimum absolute atomic E-state index is 0.0548. The van der Waals surface area contributed by atoms with Gasteiger partial charge in [-0.2, -0.15) is 0 Å². The molecule has 4 rings (SSSR count). The van der Waals surface area contributed by atoms with Crippen LogP contribution in [0.4, 0.5) is 5.69 Å². The first-order chi connectivity index (χ1) is 13.5. The Morgan fingerprint density at radius 2 is 1.93 bits per heavy atom. The van der Waals surface area contributed by atoms with Gasteiger partial charge in [-0.05, 0) is 37.3 Å². The van der Waals surface area contributed by atoms with Crippen LogP contribution in [-0.2, 0) is 9.53 Å². The van der Waals surface area contributed by atoms with Crippen LogP contribution in [0.25, 0.3) is 11.0 Å². The van der Waals surface area contributed by atoms with Crippen LogP contribution in [0, 0.1) is 6.92 Å². The van der Waals surface area contributed by atoms with E-state index in [9.17, 15) is 9.59 Å². The lowest BCUT2D eigenvalue weighted by atomic mass is 10.1. The fourth-order valence-electron chi connectivity index (χ4n) is 2.89. The number of carbonyl (C=O) groups excluding carboxylic acids is 2. The zero-order chi connectivity index (χ0) is 19.7. The van der Waals surface area contributed by atoms with Crippen molar-refractivity contribution >= 4 is 28.5 Å². The summed E-state index contributed by atoms with van der Waals surface area (Å²) in [7, 11) is 1.56. The number of hydrogen-bond donors (Lipinski definition) is 1. The minimum Gasteiger partial charge on any atom is -0.497 e. The summed E-state index contributed by atoms with van der Waals surface area (Å²) in [6.07, 6.45) is 0. The predicted molar refractivity (Wildman–Crippen MR) is 99.0 cm³/mol. The number of rotatable bonds is 5. The maximum atomic E-state index is 12.3. The Balaban J connectivity index is 1.40. The van der Waals surface area contributed by atoms with Crippen molar-refractivity contribution in [2.24, 2.45) is 0 Å². The second-order valence-electron chi connectivity index (χ2n) is 6.11.